The minimum absolute atomic E-state index is 0.178. The van der Waals surface area contributed by atoms with Crippen LogP contribution >= 0.6 is 0 Å². The van der Waals surface area contributed by atoms with E-state index < -0.39 is 5.41 Å². The van der Waals surface area contributed by atoms with Crippen LogP contribution in [0.25, 0.3) is 215 Å². The second-order valence-corrected chi connectivity index (χ2v) is 34.6. The maximum absolute atomic E-state index is 2.58. The highest BCUT2D eigenvalue weighted by molar-refractivity contribution is 6.18. The van der Waals surface area contributed by atoms with E-state index in [9.17, 15) is 0 Å². The molecule has 0 N–H and O–H groups in total. The summed E-state index contributed by atoms with van der Waals surface area (Å²) in [5, 5.41) is 12.3. The monoisotopic (exact) mass is 1560 g/mol. The van der Waals surface area contributed by atoms with Gasteiger partial charge < -0.3 is 22.8 Å². The molecule has 1 spiro atoms. The fraction of sp³-hybridized carbons (Fsp3) is 0.0339. The van der Waals surface area contributed by atoms with Crippen LogP contribution in [-0.4, -0.2) is 22.8 Å². The molecule has 0 atom stereocenters. The fourth-order valence-corrected chi connectivity index (χ4v) is 22.6. The molecule has 3 aliphatic rings. The minimum atomic E-state index is -0.505. The zero-order valence-electron chi connectivity index (χ0n) is 67.6. The van der Waals surface area contributed by atoms with Crippen LogP contribution in [0.3, 0.4) is 0 Å². The van der Waals surface area contributed by atoms with Crippen molar-refractivity contribution >= 4 is 109 Å². The summed E-state index contributed by atoms with van der Waals surface area (Å²) in [5.74, 6) is 0. The molecule has 0 unspecified atom stereocenters. The predicted molar refractivity (Wildman–Crippen MR) is 514 cm³/mol. The summed E-state index contributed by atoms with van der Waals surface area (Å²) in [6, 6.07) is 158. The van der Waals surface area contributed by atoms with Gasteiger partial charge in [0.15, 0.2) is 0 Å². The average molecular weight is 1560 g/mol. The molecule has 0 saturated heterocycles. The minimum Gasteiger partial charge on any atom is -0.309 e. The van der Waals surface area contributed by atoms with E-state index in [4.69, 9.17) is 0 Å². The zero-order chi connectivity index (χ0) is 80.7. The van der Waals surface area contributed by atoms with Crippen LogP contribution in [0.4, 0.5) is 0 Å². The molecule has 5 heteroatoms. The predicted octanol–water partition coefficient (Wildman–Crippen LogP) is 30.5. The molecule has 0 amide bonds. The number of hydrogen-bond acceptors (Lipinski definition) is 0. The van der Waals surface area contributed by atoms with E-state index in [0.717, 1.165) is 45.1 Å². The first-order valence-electron chi connectivity index (χ1n) is 42.9. The van der Waals surface area contributed by atoms with E-state index in [2.05, 4.69) is 455 Å². The van der Waals surface area contributed by atoms with Gasteiger partial charge >= 0.3 is 0 Å². The van der Waals surface area contributed by atoms with Gasteiger partial charge in [-0.15, -0.1) is 0 Å². The lowest BCUT2D eigenvalue weighted by Crippen LogP contribution is -2.25. The molecule has 572 valence electrons. The SMILES string of the molecule is CC1(C)c2ccccc2-c2cc3c4cc(-c5ccc6c(c5)c5ccccc5n6-c5cccc(-c6ccccc6)c5)ccc4n(-c4ccc(-c5cccc(-n6c7ccccc7c7cc(-c8ccc9c(c8)c8cc%10c(cc8n9-c8ccc9c(c8)c8ccccc8n9-c8ccccc8)C8(c9ccccc9-c9ccccc98)c8ccccc8-%10)ccc76)c5)cc4)c3cc21. The Labute approximate surface area is 710 Å². The van der Waals surface area contributed by atoms with Crippen molar-refractivity contribution in [2.75, 3.05) is 0 Å². The van der Waals surface area contributed by atoms with Crippen molar-refractivity contribution in [2.24, 2.45) is 0 Å². The van der Waals surface area contributed by atoms with E-state index in [1.807, 2.05) is 0 Å². The number of nitrogens with zero attached hydrogens (tertiary/aromatic N) is 5. The molecule has 5 heterocycles. The molecule has 0 aliphatic heterocycles. The summed E-state index contributed by atoms with van der Waals surface area (Å²) in [7, 11) is 0. The summed E-state index contributed by atoms with van der Waals surface area (Å²) < 4.78 is 12.4. The molecule has 5 aromatic heterocycles. The van der Waals surface area contributed by atoms with Crippen LogP contribution < -0.4 is 0 Å². The van der Waals surface area contributed by atoms with Crippen molar-refractivity contribution in [1.29, 1.82) is 0 Å². The van der Waals surface area contributed by atoms with Crippen molar-refractivity contribution in [3.63, 3.8) is 0 Å². The van der Waals surface area contributed by atoms with Gasteiger partial charge in [-0.3, -0.25) is 0 Å². The smallest absolute Gasteiger partial charge is 0.0726 e. The Morgan fingerprint density at radius 3 is 0.911 bits per heavy atom. The zero-order valence-corrected chi connectivity index (χ0v) is 67.6. The van der Waals surface area contributed by atoms with Crippen molar-refractivity contribution < 1.29 is 0 Å². The normalized spacial score (nSPS) is 13.4. The molecule has 24 aromatic rings. The van der Waals surface area contributed by atoms with Crippen molar-refractivity contribution in [3.8, 4) is 106 Å². The molecule has 0 saturated carbocycles. The third-order valence-electron chi connectivity index (χ3n) is 28.1. The van der Waals surface area contributed by atoms with E-state index in [1.54, 1.807) is 0 Å². The summed E-state index contributed by atoms with van der Waals surface area (Å²) in [4.78, 5) is 0. The molecule has 0 bridgehead atoms. The topological polar surface area (TPSA) is 24.6 Å². The Morgan fingerprint density at radius 2 is 0.423 bits per heavy atom. The highest BCUT2D eigenvalue weighted by Crippen LogP contribution is 2.64. The molecule has 3 aliphatic carbocycles. The van der Waals surface area contributed by atoms with Gasteiger partial charge in [0.1, 0.15) is 0 Å². The first kappa shape index (κ1) is 68.1. The van der Waals surface area contributed by atoms with Crippen molar-refractivity contribution in [3.05, 3.63) is 452 Å². The van der Waals surface area contributed by atoms with Crippen molar-refractivity contribution in [2.45, 2.75) is 24.7 Å². The lowest BCUT2D eigenvalue weighted by atomic mass is 9.70. The lowest BCUT2D eigenvalue weighted by molar-refractivity contribution is 0.661. The Bertz CT molecular complexity index is 8670. The third kappa shape index (κ3) is 9.51. The number of fused-ring (bicyclic) bond motifs is 28. The van der Waals surface area contributed by atoms with Gasteiger partial charge in [0.25, 0.3) is 0 Å². The highest BCUT2D eigenvalue weighted by atomic mass is 15.0. The summed E-state index contributed by atoms with van der Waals surface area (Å²) >= 11 is 0. The maximum Gasteiger partial charge on any atom is 0.0726 e. The largest absolute Gasteiger partial charge is 0.309 e. The quantitative estimate of drug-likeness (QED) is 0.138. The van der Waals surface area contributed by atoms with Crippen LogP contribution in [-0.2, 0) is 10.8 Å². The Morgan fingerprint density at radius 1 is 0.146 bits per heavy atom. The summed E-state index contributed by atoms with van der Waals surface area (Å²) in [6.07, 6.45) is 0. The second-order valence-electron chi connectivity index (χ2n) is 34.6. The summed E-state index contributed by atoms with van der Waals surface area (Å²) in [6.45, 7) is 4.78. The fourth-order valence-electron chi connectivity index (χ4n) is 22.6. The Balaban J connectivity index is 0.572. The van der Waals surface area contributed by atoms with Crippen LogP contribution in [0.5, 0.6) is 0 Å². The van der Waals surface area contributed by atoms with Gasteiger partial charge in [-0.1, -0.05) is 275 Å². The molecule has 0 radical (unpaired) electrons. The molecule has 0 fully saturated rings. The van der Waals surface area contributed by atoms with E-state index in [-0.39, 0.29) is 5.41 Å². The number of hydrogen-bond donors (Lipinski definition) is 0. The molecular weight excluding hydrogens is 1490 g/mol. The highest BCUT2D eigenvalue weighted by Gasteiger charge is 2.52. The average Bonchev–Trinajstić information content (AvgIpc) is 1.50. The Hall–Kier alpha value is -15.8. The number of rotatable bonds is 9. The standard InChI is InChI=1S/C118H75N5/c1-117(2)101-40-16-9-35-87(101)92-68-99-96-65-78(76-49-56-110-94(63-76)89-37-13-21-45-108(89)121(110)82-31-23-27-74(61-82)72-25-5-3-6-26-72)51-58-112(96)120(115(99)70-105(92)117)81-53-47-73(48-54-81)75-28-24-32-83(62-75)122-109-46-22-14-38-90(109)95-64-77(50-57-111(95)122)79-52-59-113-97(66-79)100-69-93-88-36-12-19-43-104(88)118(102-41-17-10-33-85(102)86-34-11-18-42-103(86)118)106(93)71-116(100)123(113)84-55-60-114-98(67-84)91-39-15-20-44-107(91)119(114)80-29-7-4-8-30-80/h3-71H,1-2H3. The van der Waals surface area contributed by atoms with E-state index in [1.165, 1.54) is 204 Å². The van der Waals surface area contributed by atoms with Gasteiger partial charge in [0.2, 0.25) is 0 Å². The van der Waals surface area contributed by atoms with Crippen LogP contribution in [0, 0.1) is 0 Å². The van der Waals surface area contributed by atoms with Crippen LogP contribution in [0.15, 0.2) is 419 Å². The van der Waals surface area contributed by atoms with Crippen LogP contribution in [0.1, 0.15) is 47.2 Å². The third-order valence-corrected chi connectivity index (χ3v) is 28.1. The molecule has 27 rings (SSSR count). The van der Waals surface area contributed by atoms with Gasteiger partial charge in [0.05, 0.1) is 60.6 Å². The number of para-hydroxylation sites is 4. The van der Waals surface area contributed by atoms with E-state index in [0.29, 0.717) is 0 Å². The second kappa shape index (κ2) is 25.4. The van der Waals surface area contributed by atoms with Gasteiger partial charge in [-0.25, -0.2) is 0 Å². The summed E-state index contributed by atoms with van der Waals surface area (Å²) in [5.41, 5.74) is 42.1. The molecule has 19 aromatic carbocycles. The van der Waals surface area contributed by atoms with E-state index >= 15 is 0 Å². The van der Waals surface area contributed by atoms with Crippen LogP contribution in [0.2, 0.25) is 0 Å². The van der Waals surface area contributed by atoms with Gasteiger partial charge in [-0.05, 0) is 269 Å². The first-order chi connectivity index (χ1) is 60.7. The first-order valence-corrected chi connectivity index (χ1v) is 42.9. The maximum atomic E-state index is 2.58. The number of aromatic nitrogens is 5. The molecule has 123 heavy (non-hydrogen) atoms. The van der Waals surface area contributed by atoms with Gasteiger partial charge in [-0.2, -0.15) is 0 Å². The van der Waals surface area contributed by atoms with Crippen molar-refractivity contribution in [1.82, 2.24) is 22.8 Å². The van der Waals surface area contributed by atoms with Gasteiger partial charge in [0, 0.05) is 87.7 Å². The number of benzene rings is 19. The molecule has 5 nitrogen and oxygen atoms in total. The molecular formula is C118H75N5. The Kier molecular flexibility index (Phi) is 14.1. The lowest BCUT2D eigenvalue weighted by Gasteiger charge is -2.30.